The number of aliphatic carboxylic acids is 1. The van der Waals surface area contributed by atoms with E-state index < -0.39 is 11.9 Å². The second-order valence-corrected chi connectivity index (χ2v) is 7.07. The van der Waals surface area contributed by atoms with Crippen molar-refractivity contribution in [3.8, 4) is 0 Å². The number of carboxylic acid groups (broad SMARTS) is 1. The van der Waals surface area contributed by atoms with Crippen LogP contribution in [0.5, 0.6) is 0 Å². The van der Waals surface area contributed by atoms with Crippen LogP contribution in [0.3, 0.4) is 0 Å². The second-order valence-electron chi connectivity index (χ2n) is 7.07. The predicted octanol–water partition coefficient (Wildman–Crippen LogP) is 2.84. The van der Waals surface area contributed by atoms with E-state index in [9.17, 15) is 14.7 Å². The zero-order valence-corrected chi connectivity index (χ0v) is 13.2. The average Bonchev–Trinajstić information content (AvgIpc) is 2.97. The first-order valence-electron chi connectivity index (χ1n) is 8.11. The molecule has 0 aromatic heterocycles. The molecule has 0 saturated heterocycles. The van der Waals surface area contributed by atoms with Gasteiger partial charge in [0.25, 0.3) is 0 Å². The van der Waals surface area contributed by atoms with Crippen molar-refractivity contribution >= 4 is 11.9 Å². The van der Waals surface area contributed by atoms with E-state index in [1.165, 1.54) is 0 Å². The lowest BCUT2D eigenvalue weighted by Gasteiger charge is -2.25. The smallest absolute Gasteiger partial charge is 0.307 e. The Bertz CT molecular complexity index is 430. The summed E-state index contributed by atoms with van der Waals surface area (Å²) in [6.45, 7) is 6.40. The molecule has 1 saturated carbocycles. The third-order valence-corrected chi connectivity index (χ3v) is 4.85. The summed E-state index contributed by atoms with van der Waals surface area (Å²) >= 11 is 0. The van der Waals surface area contributed by atoms with Crippen molar-refractivity contribution in [2.75, 3.05) is 0 Å². The Balaban J connectivity index is 1.88. The third-order valence-electron chi connectivity index (χ3n) is 4.85. The normalized spacial score (nSPS) is 31.6. The zero-order chi connectivity index (χ0) is 15.6. The highest BCUT2D eigenvalue weighted by Crippen LogP contribution is 2.48. The van der Waals surface area contributed by atoms with Gasteiger partial charge in [0.2, 0.25) is 5.91 Å². The van der Waals surface area contributed by atoms with Crippen molar-refractivity contribution in [2.24, 2.45) is 29.6 Å². The minimum Gasteiger partial charge on any atom is -0.481 e. The molecule has 2 aliphatic carbocycles. The Morgan fingerprint density at radius 3 is 2.33 bits per heavy atom. The number of carbonyl (C=O) groups excluding carboxylic acids is 1. The minimum absolute atomic E-state index is 0.0412. The third kappa shape index (κ3) is 3.66. The van der Waals surface area contributed by atoms with Gasteiger partial charge in [0, 0.05) is 6.04 Å². The second kappa shape index (κ2) is 6.63. The van der Waals surface area contributed by atoms with Gasteiger partial charge < -0.3 is 10.4 Å². The van der Waals surface area contributed by atoms with Crippen molar-refractivity contribution in [1.29, 1.82) is 0 Å². The van der Waals surface area contributed by atoms with E-state index in [-0.39, 0.29) is 29.7 Å². The molecular formula is C17H27NO3. The van der Waals surface area contributed by atoms with E-state index in [2.05, 4.69) is 19.2 Å². The van der Waals surface area contributed by atoms with Gasteiger partial charge in [-0.2, -0.15) is 0 Å². The Morgan fingerprint density at radius 2 is 1.76 bits per heavy atom. The van der Waals surface area contributed by atoms with Gasteiger partial charge in [-0.3, -0.25) is 9.59 Å². The molecule has 5 atom stereocenters. The molecule has 0 aromatic carbocycles. The molecule has 1 amide bonds. The fraction of sp³-hybridized carbons (Fsp3) is 0.765. The summed E-state index contributed by atoms with van der Waals surface area (Å²) in [5, 5.41) is 12.4. The van der Waals surface area contributed by atoms with E-state index in [4.69, 9.17) is 0 Å². The molecule has 118 valence electrons. The molecule has 2 rings (SSSR count). The summed E-state index contributed by atoms with van der Waals surface area (Å²) in [5.74, 6) is -0.998. The minimum atomic E-state index is -0.834. The highest BCUT2D eigenvalue weighted by atomic mass is 16.4. The largest absolute Gasteiger partial charge is 0.481 e. The number of fused-ring (bicyclic) bond motifs is 2. The highest BCUT2D eigenvalue weighted by Gasteiger charge is 2.51. The van der Waals surface area contributed by atoms with Gasteiger partial charge in [-0.15, -0.1) is 0 Å². The summed E-state index contributed by atoms with van der Waals surface area (Å²) in [4.78, 5) is 23.9. The van der Waals surface area contributed by atoms with Gasteiger partial charge in [-0.05, 0) is 37.5 Å². The molecule has 0 heterocycles. The summed E-state index contributed by atoms with van der Waals surface area (Å²) in [6, 6.07) is 0.119. The van der Waals surface area contributed by atoms with E-state index in [0.29, 0.717) is 5.92 Å². The van der Waals surface area contributed by atoms with Crippen LogP contribution in [0.25, 0.3) is 0 Å². The molecule has 5 unspecified atom stereocenters. The first kappa shape index (κ1) is 16.1. The van der Waals surface area contributed by atoms with Crippen LogP contribution in [-0.4, -0.2) is 23.0 Å². The lowest BCUT2D eigenvalue weighted by atomic mass is 9.82. The molecule has 0 aliphatic heterocycles. The number of allylic oxidation sites excluding steroid dienone is 2. The maximum atomic E-state index is 12.4. The van der Waals surface area contributed by atoms with Crippen LogP contribution in [0.15, 0.2) is 12.2 Å². The summed E-state index contributed by atoms with van der Waals surface area (Å²) in [6.07, 6.45) is 8.03. The molecule has 4 nitrogen and oxygen atoms in total. The van der Waals surface area contributed by atoms with Crippen LogP contribution in [0.2, 0.25) is 0 Å². The van der Waals surface area contributed by atoms with Crippen LogP contribution in [0.4, 0.5) is 0 Å². The molecule has 21 heavy (non-hydrogen) atoms. The first-order chi connectivity index (χ1) is 9.90. The number of carboxylic acids is 1. The van der Waals surface area contributed by atoms with E-state index >= 15 is 0 Å². The summed E-state index contributed by atoms with van der Waals surface area (Å²) in [5.41, 5.74) is 0. The number of hydrogen-bond acceptors (Lipinski definition) is 2. The van der Waals surface area contributed by atoms with Gasteiger partial charge in [0.1, 0.15) is 0 Å². The van der Waals surface area contributed by atoms with Crippen LogP contribution in [0, 0.1) is 29.6 Å². The van der Waals surface area contributed by atoms with Gasteiger partial charge in [0.05, 0.1) is 11.8 Å². The van der Waals surface area contributed by atoms with E-state index in [1.54, 1.807) is 0 Å². The monoisotopic (exact) mass is 293 g/mol. The van der Waals surface area contributed by atoms with Crippen molar-refractivity contribution in [2.45, 2.75) is 52.5 Å². The Labute approximate surface area is 127 Å². The topological polar surface area (TPSA) is 66.4 Å². The maximum absolute atomic E-state index is 12.4. The van der Waals surface area contributed by atoms with Crippen molar-refractivity contribution in [3.05, 3.63) is 12.2 Å². The lowest BCUT2D eigenvalue weighted by Crippen LogP contribution is -2.43. The fourth-order valence-electron chi connectivity index (χ4n) is 3.76. The predicted molar refractivity (Wildman–Crippen MR) is 81.6 cm³/mol. The SMILES string of the molecule is CC(C)CCCC(C)NC(=O)C1C2C=CC(C2)C1C(=O)O. The molecule has 2 aliphatic rings. The quantitative estimate of drug-likeness (QED) is 0.709. The van der Waals surface area contributed by atoms with Crippen molar-refractivity contribution in [1.82, 2.24) is 5.32 Å². The number of rotatable bonds is 7. The number of nitrogens with one attached hydrogen (secondary N) is 1. The molecule has 4 heteroatoms. The summed E-state index contributed by atoms with van der Waals surface area (Å²) in [7, 11) is 0. The molecule has 1 fully saturated rings. The summed E-state index contributed by atoms with van der Waals surface area (Å²) < 4.78 is 0. The molecule has 0 spiro atoms. The zero-order valence-electron chi connectivity index (χ0n) is 13.2. The Kier molecular flexibility index (Phi) is 5.07. The molecule has 2 bridgehead atoms. The van der Waals surface area contributed by atoms with Crippen LogP contribution >= 0.6 is 0 Å². The number of hydrogen-bond donors (Lipinski definition) is 2. The first-order valence-corrected chi connectivity index (χ1v) is 8.11. The lowest BCUT2D eigenvalue weighted by molar-refractivity contribution is -0.148. The van der Waals surface area contributed by atoms with Crippen LogP contribution in [0.1, 0.15) is 46.5 Å². The van der Waals surface area contributed by atoms with Gasteiger partial charge in [0.15, 0.2) is 0 Å². The number of carbonyl (C=O) groups is 2. The molecule has 2 N–H and O–H groups in total. The average molecular weight is 293 g/mol. The van der Waals surface area contributed by atoms with Crippen molar-refractivity contribution in [3.63, 3.8) is 0 Å². The fourth-order valence-corrected chi connectivity index (χ4v) is 3.76. The standard InChI is InChI=1S/C17H27NO3/c1-10(2)5-4-6-11(3)18-16(19)14-12-7-8-13(9-12)15(14)17(20)21/h7-8,10-15H,4-6,9H2,1-3H3,(H,18,19)(H,20,21). The highest BCUT2D eigenvalue weighted by molar-refractivity contribution is 5.87. The number of amides is 1. The Hall–Kier alpha value is -1.32. The Morgan fingerprint density at radius 1 is 1.14 bits per heavy atom. The van der Waals surface area contributed by atoms with Gasteiger partial charge in [-0.1, -0.05) is 38.8 Å². The van der Waals surface area contributed by atoms with Gasteiger partial charge >= 0.3 is 5.97 Å². The van der Waals surface area contributed by atoms with Crippen LogP contribution in [-0.2, 0) is 9.59 Å². The molecule has 0 aromatic rings. The van der Waals surface area contributed by atoms with E-state index in [1.807, 2.05) is 19.1 Å². The molecule has 0 radical (unpaired) electrons. The maximum Gasteiger partial charge on any atom is 0.307 e. The van der Waals surface area contributed by atoms with Crippen LogP contribution < -0.4 is 5.32 Å². The van der Waals surface area contributed by atoms with Crippen molar-refractivity contribution < 1.29 is 14.7 Å². The molecular weight excluding hydrogens is 266 g/mol. The van der Waals surface area contributed by atoms with E-state index in [0.717, 1.165) is 25.7 Å². The van der Waals surface area contributed by atoms with Gasteiger partial charge in [-0.25, -0.2) is 0 Å².